The van der Waals surface area contributed by atoms with Crippen LogP contribution in [0.1, 0.15) is 12.8 Å². The van der Waals surface area contributed by atoms with Crippen LogP contribution < -0.4 is 10.1 Å². The number of ether oxygens (including phenoxy) is 1. The summed E-state index contributed by atoms with van der Waals surface area (Å²) in [7, 11) is 1.84. The first kappa shape index (κ1) is 10.5. The van der Waals surface area contributed by atoms with Crippen LogP contribution in [0.3, 0.4) is 0 Å². The van der Waals surface area contributed by atoms with E-state index in [1.54, 1.807) is 11.3 Å². The highest BCUT2D eigenvalue weighted by molar-refractivity contribution is 7.18. The van der Waals surface area contributed by atoms with Crippen molar-refractivity contribution < 1.29 is 4.74 Å². The zero-order valence-electron chi connectivity index (χ0n) is 9.51. The van der Waals surface area contributed by atoms with Gasteiger partial charge in [-0.15, -0.1) is 10.2 Å². The van der Waals surface area contributed by atoms with E-state index >= 15 is 0 Å². The van der Waals surface area contributed by atoms with E-state index in [1.165, 1.54) is 12.8 Å². The third kappa shape index (κ3) is 2.39. The predicted octanol–water partition coefficient (Wildman–Crippen LogP) is 2.79. The van der Waals surface area contributed by atoms with Crippen LogP contribution >= 0.6 is 11.3 Å². The van der Waals surface area contributed by atoms with Gasteiger partial charge in [0.05, 0.1) is 6.10 Å². The Morgan fingerprint density at radius 3 is 2.59 bits per heavy atom. The number of aromatic nitrogens is 2. The van der Waals surface area contributed by atoms with Crippen molar-refractivity contribution in [2.24, 2.45) is 0 Å². The predicted molar refractivity (Wildman–Crippen MR) is 68.5 cm³/mol. The minimum absolute atomic E-state index is 0.443. The van der Waals surface area contributed by atoms with E-state index in [9.17, 15) is 0 Å². The van der Waals surface area contributed by atoms with E-state index in [1.807, 2.05) is 31.3 Å². The van der Waals surface area contributed by atoms with Gasteiger partial charge >= 0.3 is 0 Å². The van der Waals surface area contributed by atoms with Crippen LogP contribution in [0.4, 0.5) is 5.13 Å². The standard InChI is InChI=1S/C12H13N3OS/c1-13-12-15-14-11(17-12)8-2-4-9(5-3-8)16-10-6-7-10/h2-5,10H,6-7H2,1H3,(H,13,15). The van der Waals surface area contributed by atoms with Gasteiger partial charge in [0.1, 0.15) is 10.8 Å². The molecule has 1 fully saturated rings. The van der Waals surface area contributed by atoms with Crippen molar-refractivity contribution in [2.75, 3.05) is 12.4 Å². The molecule has 17 heavy (non-hydrogen) atoms. The lowest BCUT2D eigenvalue weighted by molar-refractivity contribution is 0.303. The molecule has 0 amide bonds. The van der Waals surface area contributed by atoms with Crippen LogP contribution in [0.15, 0.2) is 24.3 Å². The van der Waals surface area contributed by atoms with Gasteiger partial charge in [-0.25, -0.2) is 0 Å². The van der Waals surface area contributed by atoms with Crippen molar-refractivity contribution in [1.29, 1.82) is 0 Å². The summed E-state index contributed by atoms with van der Waals surface area (Å²) in [6, 6.07) is 8.04. The van der Waals surface area contributed by atoms with Gasteiger partial charge < -0.3 is 10.1 Å². The largest absolute Gasteiger partial charge is 0.490 e. The highest BCUT2D eigenvalue weighted by atomic mass is 32.1. The lowest BCUT2D eigenvalue weighted by atomic mass is 10.2. The maximum atomic E-state index is 5.70. The Kier molecular flexibility index (Phi) is 2.68. The fourth-order valence-electron chi connectivity index (χ4n) is 1.50. The molecule has 0 spiro atoms. The molecule has 1 aromatic carbocycles. The molecule has 88 valence electrons. The Bertz CT molecular complexity index is 505. The molecule has 2 aromatic rings. The third-order valence-corrected chi connectivity index (χ3v) is 3.56. The van der Waals surface area contributed by atoms with E-state index in [4.69, 9.17) is 4.74 Å². The number of nitrogens with one attached hydrogen (secondary N) is 1. The molecule has 0 saturated heterocycles. The molecule has 5 heteroatoms. The summed E-state index contributed by atoms with van der Waals surface area (Å²) in [5.74, 6) is 0.939. The van der Waals surface area contributed by atoms with Crippen LogP contribution in [0.2, 0.25) is 0 Å². The van der Waals surface area contributed by atoms with Crippen molar-refractivity contribution >= 4 is 16.5 Å². The second-order valence-electron chi connectivity index (χ2n) is 4.00. The summed E-state index contributed by atoms with van der Waals surface area (Å²) in [6.07, 6.45) is 2.81. The first-order valence-electron chi connectivity index (χ1n) is 5.63. The molecule has 0 bridgehead atoms. The topological polar surface area (TPSA) is 47.0 Å². The van der Waals surface area contributed by atoms with Crippen LogP contribution in [0.25, 0.3) is 10.6 Å². The van der Waals surface area contributed by atoms with Gasteiger partial charge in [-0.1, -0.05) is 11.3 Å². The van der Waals surface area contributed by atoms with Gasteiger partial charge in [0, 0.05) is 12.6 Å². The van der Waals surface area contributed by atoms with E-state index in [0.29, 0.717) is 6.10 Å². The van der Waals surface area contributed by atoms with Gasteiger partial charge in [0.25, 0.3) is 0 Å². The third-order valence-electron chi connectivity index (χ3n) is 2.57. The minimum atomic E-state index is 0.443. The van der Waals surface area contributed by atoms with Gasteiger partial charge in [0.15, 0.2) is 0 Å². The summed E-state index contributed by atoms with van der Waals surface area (Å²) in [4.78, 5) is 0. The first-order chi connectivity index (χ1) is 8.35. The van der Waals surface area contributed by atoms with Gasteiger partial charge in [-0.2, -0.15) is 0 Å². The van der Waals surface area contributed by atoms with Crippen molar-refractivity contribution in [1.82, 2.24) is 10.2 Å². The molecule has 3 rings (SSSR count). The van der Waals surface area contributed by atoms with E-state index < -0.39 is 0 Å². The molecule has 1 aliphatic carbocycles. The Labute approximate surface area is 104 Å². The summed E-state index contributed by atoms with van der Waals surface area (Å²) in [5, 5.41) is 12.9. The Morgan fingerprint density at radius 2 is 2.00 bits per heavy atom. The average Bonchev–Trinajstić information content (AvgIpc) is 3.05. The molecular formula is C12H13N3OS. The summed E-state index contributed by atoms with van der Waals surface area (Å²) >= 11 is 1.54. The number of anilines is 1. The molecule has 0 radical (unpaired) electrons. The molecule has 1 aliphatic rings. The van der Waals surface area contributed by atoms with Crippen LogP contribution in [0, 0.1) is 0 Å². The Morgan fingerprint density at radius 1 is 1.24 bits per heavy atom. The van der Waals surface area contributed by atoms with Crippen molar-refractivity contribution in [2.45, 2.75) is 18.9 Å². The molecule has 1 aromatic heterocycles. The highest BCUT2D eigenvalue weighted by Gasteiger charge is 2.23. The molecule has 0 atom stereocenters. The fourth-order valence-corrected chi connectivity index (χ4v) is 2.20. The molecule has 0 unspecified atom stereocenters. The Hall–Kier alpha value is -1.62. The van der Waals surface area contributed by atoms with Gasteiger partial charge in [0.2, 0.25) is 5.13 Å². The van der Waals surface area contributed by atoms with Crippen LogP contribution in [0.5, 0.6) is 5.75 Å². The maximum absolute atomic E-state index is 5.70. The van der Waals surface area contributed by atoms with Gasteiger partial charge in [-0.05, 0) is 37.1 Å². The summed E-state index contributed by atoms with van der Waals surface area (Å²) in [6.45, 7) is 0. The lowest BCUT2D eigenvalue weighted by Gasteiger charge is -2.03. The van der Waals surface area contributed by atoms with Gasteiger partial charge in [-0.3, -0.25) is 0 Å². The zero-order valence-corrected chi connectivity index (χ0v) is 10.3. The molecule has 1 saturated carbocycles. The van der Waals surface area contributed by atoms with Crippen LogP contribution in [-0.4, -0.2) is 23.3 Å². The first-order valence-corrected chi connectivity index (χ1v) is 6.45. The maximum Gasteiger partial charge on any atom is 0.205 e. The van der Waals surface area contributed by atoms with Crippen molar-refractivity contribution in [3.05, 3.63) is 24.3 Å². The number of rotatable bonds is 4. The monoisotopic (exact) mass is 247 g/mol. The number of hydrogen-bond donors (Lipinski definition) is 1. The molecule has 0 aliphatic heterocycles. The van der Waals surface area contributed by atoms with Crippen molar-refractivity contribution in [3.8, 4) is 16.3 Å². The second kappa shape index (κ2) is 4.33. The number of benzene rings is 1. The fraction of sp³-hybridized carbons (Fsp3) is 0.333. The quantitative estimate of drug-likeness (QED) is 0.902. The second-order valence-corrected chi connectivity index (χ2v) is 4.98. The van der Waals surface area contributed by atoms with E-state index in [2.05, 4.69) is 15.5 Å². The zero-order chi connectivity index (χ0) is 11.7. The number of nitrogens with zero attached hydrogens (tertiary/aromatic N) is 2. The summed E-state index contributed by atoms with van der Waals surface area (Å²) < 4.78 is 5.70. The Balaban J connectivity index is 1.78. The summed E-state index contributed by atoms with van der Waals surface area (Å²) in [5.41, 5.74) is 1.08. The lowest BCUT2D eigenvalue weighted by Crippen LogP contribution is -1.95. The van der Waals surface area contributed by atoms with E-state index in [0.717, 1.165) is 21.5 Å². The normalized spacial score (nSPS) is 14.6. The smallest absolute Gasteiger partial charge is 0.205 e. The SMILES string of the molecule is CNc1nnc(-c2ccc(OC3CC3)cc2)s1. The molecular weight excluding hydrogens is 234 g/mol. The number of hydrogen-bond acceptors (Lipinski definition) is 5. The highest BCUT2D eigenvalue weighted by Crippen LogP contribution is 2.30. The minimum Gasteiger partial charge on any atom is -0.490 e. The molecule has 1 heterocycles. The molecule has 4 nitrogen and oxygen atoms in total. The van der Waals surface area contributed by atoms with Crippen LogP contribution in [-0.2, 0) is 0 Å². The van der Waals surface area contributed by atoms with E-state index in [-0.39, 0.29) is 0 Å². The molecule has 1 N–H and O–H groups in total. The average molecular weight is 247 g/mol. The van der Waals surface area contributed by atoms with Crippen molar-refractivity contribution in [3.63, 3.8) is 0 Å².